The summed E-state index contributed by atoms with van der Waals surface area (Å²) in [6, 6.07) is 0. The second-order valence-corrected chi connectivity index (χ2v) is 30.2. The summed E-state index contributed by atoms with van der Waals surface area (Å²) in [6.45, 7) is 4.49. The van der Waals surface area contributed by atoms with E-state index in [9.17, 15) is 0 Å². The van der Waals surface area contributed by atoms with Gasteiger partial charge in [0.25, 0.3) is 0 Å². The van der Waals surface area contributed by atoms with Crippen molar-refractivity contribution in [2.24, 2.45) is 0 Å². The Morgan fingerprint density at radius 2 is 1.88 bits per heavy atom. The number of rotatable bonds is 2. The average molecular weight is 381 g/mol. The van der Waals surface area contributed by atoms with E-state index in [1.807, 2.05) is 0 Å². The molecule has 0 saturated carbocycles. The van der Waals surface area contributed by atoms with Gasteiger partial charge in [0.1, 0.15) is 0 Å². The molecule has 0 heterocycles. The summed E-state index contributed by atoms with van der Waals surface area (Å²) in [4.78, 5) is 0. The fraction of sp³-hybridized carbons (Fsp3) is 0.400. The predicted octanol–water partition coefficient (Wildman–Crippen LogP) is 4.67. The maximum absolute atomic E-state index is 4.75. The maximum atomic E-state index is 4.75. The minimum atomic E-state index is -3.11. The Bertz CT molecular complexity index is 516. The van der Waals surface area contributed by atoms with Crippen LogP contribution < -0.4 is 0 Å². The van der Waals surface area contributed by atoms with Crippen LogP contribution in [0.5, 0.6) is 0 Å². The van der Waals surface area contributed by atoms with E-state index in [4.69, 9.17) is 4.26 Å². The second-order valence-electron chi connectivity index (χ2n) is 6.32. The molecule has 2 rings (SSSR count). The molecule has 0 amide bonds. The predicted molar refractivity (Wildman–Crippen MR) is 71.8 cm³/mol. The zero-order chi connectivity index (χ0) is 12.0. The first-order chi connectivity index (χ1) is 7.30. The monoisotopic (exact) mass is 382 g/mol. The first-order valence-electron chi connectivity index (χ1n) is 6.11. The summed E-state index contributed by atoms with van der Waals surface area (Å²) in [5, 5.41) is 0. The van der Waals surface area contributed by atoms with Crippen LogP contribution in [0, 0.1) is 0 Å². The van der Waals surface area contributed by atoms with Gasteiger partial charge in [-0.15, -0.1) is 0 Å². The molecule has 0 N–H and O–H groups in total. The fourth-order valence-electron chi connectivity index (χ4n) is 2.62. The van der Waals surface area contributed by atoms with E-state index in [-0.39, 0.29) is 0 Å². The topological polar surface area (TPSA) is 0 Å². The Kier molecular flexibility index (Phi) is 2.73. The van der Waals surface area contributed by atoms with E-state index in [2.05, 4.69) is 47.5 Å². The van der Waals surface area contributed by atoms with E-state index in [0.717, 1.165) is 6.42 Å². The third kappa shape index (κ3) is 1.84. The van der Waals surface area contributed by atoms with Gasteiger partial charge in [-0.05, 0) is 0 Å². The molecule has 0 aromatic rings. The third-order valence-corrected chi connectivity index (χ3v) is 21.6. The van der Waals surface area contributed by atoms with Gasteiger partial charge in [-0.1, -0.05) is 0 Å². The van der Waals surface area contributed by atoms with Crippen LogP contribution in [-0.2, 0) is 18.0 Å². The minimum absolute atomic E-state index is 1.14. The van der Waals surface area contributed by atoms with Gasteiger partial charge < -0.3 is 0 Å². The van der Waals surface area contributed by atoms with E-state index in [1.165, 1.54) is 17.6 Å². The quantitative estimate of drug-likeness (QED) is 0.611. The van der Waals surface area contributed by atoms with Gasteiger partial charge in [0.2, 0.25) is 0 Å². The van der Waals surface area contributed by atoms with Crippen molar-refractivity contribution in [1.29, 1.82) is 0 Å². The number of allylic oxidation sites excluding steroid dienone is 8. The van der Waals surface area contributed by atoms with Crippen molar-refractivity contribution in [2.45, 2.75) is 36.0 Å². The Labute approximate surface area is 100 Å². The summed E-state index contributed by atoms with van der Waals surface area (Å²) < 4.78 is 13.0. The Balaban J connectivity index is 2.41. The Morgan fingerprint density at radius 1 is 1.19 bits per heavy atom. The summed E-state index contributed by atoms with van der Waals surface area (Å²) in [5.41, 5.74) is 3.01. The zero-order valence-electron chi connectivity index (χ0n) is 10.9. The van der Waals surface area contributed by atoms with Crippen LogP contribution in [0.1, 0.15) is 26.7 Å². The molecule has 86 valence electrons. The van der Waals surface area contributed by atoms with Gasteiger partial charge in [-0.3, -0.25) is 0 Å². The van der Waals surface area contributed by atoms with Crippen LogP contribution in [0.4, 0.5) is 0 Å². The Morgan fingerprint density at radius 3 is 2.31 bits per heavy atom. The van der Waals surface area contributed by atoms with Crippen LogP contribution in [0.2, 0.25) is 9.36 Å². The normalized spacial score (nSPS) is 21.6. The molecule has 0 unspecified atom stereocenters. The third-order valence-electron chi connectivity index (χ3n) is 4.35. The molecule has 0 radical (unpaired) electrons. The molecule has 0 aliphatic heterocycles. The summed E-state index contributed by atoms with van der Waals surface area (Å²) in [6.07, 6.45) is 11.5. The molecule has 16 heavy (non-hydrogen) atoms. The molecule has 0 fully saturated rings. The SMILES string of the molecule is [CH2]=[Hf]([CH3])([CH3])([C]1=CC=CC1)[C]1=CC(C)=C(C)C1. The molecule has 0 aromatic heterocycles. The molecule has 0 saturated heterocycles. The van der Waals surface area contributed by atoms with Crippen LogP contribution >= 0.6 is 0 Å². The summed E-state index contributed by atoms with van der Waals surface area (Å²) in [5.74, 6) is 0. The van der Waals surface area contributed by atoms with Gasteiger partial charge in [0, 0.05) is 0 Å². The van der Waals surface area contributed by atoms with E-state index < -0.39 is 18.0 Å². The van der Waals surface area contributed by atoms with Crippen LogP contribution in [0.15, 0.2) is 42.1 Å². The van der Waals surface area contributed by atoms with Gasteiger partial charge in [-0.25, -0.2) is 0 Å². The first kappa shape index (κ1) is 12.2. The first-order valence-corrected chi connectivity index (χ1v) is 19.4. The van der Waals surface area contributed by atoms with Crippen molar-refractivity contribution >= 4 is 4.26 Å². The molecular weight excluding hydrogens is 359 g/mol. The van der Waals surface area contributed by atoms with Gasteiger partial charge >= 0.3 is 100 Å². The zero-order valence-corrected chi connectivity index (χ0v) is 14.5. The molecular formula is C15H22Hf. The van der Waals surface area contributed by atoms with E-state index >= 15 is 0 Å². The van der Waals surface area contributed by atoms with Crippen molar-refractivity contribution < 1.29 is 18.0 Å². The summed E-state index contributed by atoms with van der Waals surface area (Å²) >= 11 is -3.11. The molecule has 0 bridgehead atoms. The van der Waals surface area contributed by atoms with Gasteiger partial charge in [0.05, 0.1) is 0 Å². The van der Waals surface area contributed by atoms with Crippen LogP contribution in [0.25, 0.3) is 0 Å². The number of hydrogen-bond donors (Lipinski definition) is 0. The molecule has 0 nitrogen and oxygen atoms in total. The molecule has 0 spiro atoms. The Hall–Kier alpha value is -0.300. The van der Waals surface area contributed by atoms with Crippen LogP contribution in [-0.4, -0.2) is 4.26 Å². The molecule has 2 aliphatic rings. The van der Waals surface area contributed by atoms with Crippen molar-refractivity contribution in [3.63, 3.8) is 0 Å². The molecule has 1 heteroatoms. The van der Waals surface area contributed by atoms with Crippen molar-refractivity contribution in [3.05, 3.63) is 42.1 Å². The van der Waals surface area contributed by atoms with Crippen molar-refractivity contribution in [2.75, 3.05) is 0 Å². The second kappa shape index (κ2) is 3.60. The van der Waals surface area contributed by atoms with Crippen molar-refractivity contribution in [3.8, 4) is 0 Å². The molecule has 0 atom stereocenters. The summed E-state index contributed by atoms with van der Waals surface area (Å²) in [7, 11) is 0. The molecule has 0 aromatic carbocycles. The van der Waals surface area contributed by atoms with Gasteiger partial charge in [-0.2, -0.15) is 0 Å². The van der Waals surface area contributed by atoms with Gasteiger partial charge in [0.15, 0.2) is 0 Å². The average Bonchev–Trinajstić information content (AvgIpc) is 2.76. The standard InChI is InChI=1S/C7H9.C5H5.2CH3.CH2.Hf/c1-6-4-3-5-7(6)2;1-2-4-5-3-1;;;;/h4H,5H2,1-2H3;1-3H,4H2;2*1H3;1H2;. The van der Waals surface area contributed by atoms with E-state index in [0.29, 0.717) is 0 Å². The molecule has 2 aliphatic carbocycles. The number of hydrogen-bond acceptors (Lipinski definition) is 0. The van der Waals surface area contributed by atoms with Crippen LogP contribution in [0.3, 0.4) is 0 Å². The van der Waals surface area contributed by atoms with Crippen molar-refractivity contribution in [1.82, 2.24) is 0 Å². The fourth-order valence-corrected chi connectivity index (χ4v) is 14.6. The van der Waals surface area contributed by atoms with E-state index in [1.54, 1.807) is 6.66 Å².